The highest BCUT2D eigenvalue weighted by atomic mass is 35.5. The average molecular weight is 507 g/mol. The Hall–Kier alpha value is -3.69. The molecule has 1 N–H and O–H groups in total. The Labute approximate surface area is 209 Å². The fourth-order valence-corrected chi connectivity index (χ4v) is 4.93. The molecule has 10 heteroatoms. The SMILES string of the molecule is Cc1ccccc1-c1cc(C(=O)Nc2nnc(-c3c(F)cccc3Cl)s2)c2cnn(C(C)C)c2n1. The highest BCUT2D eigenvalue weighted by Crippen LogP contribution is 2.34. The van der Waals surface area contributed by atoms with Gasteiger partial charge in [-0.05, 0) is 44.5 Å². The van der Waals surface area contributed by atoms with Gasteiger partial charge in [0.05, 0.1) is 33.4 Å². The molecule has 0 fully saturated rings. The quantitative estimate of drug-likeness (QED) is 0.292. The Kier molecular flexibility index (Phi) is 6.04. The zero-order chi connectivity index (χ0) is 24.7. The van der Waals surface area contributed by atoms with Gasteiger partial charge in [0.15, 0.2) is 10.7 Å². The average Bonchev–Trinajstić information content (AvgIpc) is 3.46. The Balaban J connectivity index is 1.56. The predicted molar refractivity (Wildman–Crippen MR) is 136 cm³/mol. The number of pyridine rings is 1. The first-order valence-corrected chi connectivity index (χ1v) is 12.1. The summed E-state index contributed by atoms with van der Waals surface area (Å²) in [4.78, 5) is 18.3. The molecule has 0 spiro atoms. The van der Waals surface area contributed by atoms with Crippen molar-refractivity contribution in [1.82, 2.24) is 25.0 Å². The molecule has 0 saturated carbocycles. The highest BCUT2D eigenvalue weighted by molar-refractivity contribution is 7.18. The van der Waals surface area contributed by atoms with Crippen LogP contribution in [-0.2, 0) is 0 Å². The Morgan fingerprint density at radius 3 is 2.69 bits per heavy atom. The molecule has 0 unspecified atom stereocenters. The van der Waals surface area contributed by atoms with Crippen LogP contribution < -0.4 is 5.32 Å². The molecule has 0 atom stereocenters. The lowest BCUT2D eigenvalue weighted by atomic mass is 10.0. The number of rotatable bonds is 5. The van der Waals surface area contributed by atoms with Gasteiger partial charge in [0, 0.05) is 11.6 Å². The monoisotopic (exact) mass is 506 g/mol. The maximum Gasteiger partial charge on any atom is 0.258 e. The van der Waals surface area contributed by atoms with Gasteiger partial charge in [0.25, 0.3) is 5.91 Å². The van der Waals surface area contributed by atoms with Gasteiger partial charge in [-0.15, -0.1) is 10.2 Å². The molecule has 0 bridgehead atoms. The fraction of sp³-hybridized carbons (Fsp3) is 0.160. The summed E-state index contributed by atoms with van der Waals surface area (Å²) in [7, 11) is 0. The molecule has 0 radical (unpaired) electrons. The highest BCUT2D eigenvalue weighted by Gasteiger charge is 2.21. The van der Waals surface area contributed by atoms with Crippen molar-refractivity contribution in [2.75, 3.05) is 5.32 Å². The largest absolute Gasteiger partial charge is 0.296 e. The summed E-state index contributed by atoms with van der Waals surface area (Å²) in [5.74, 6) is -0.899. The lowest BCUT2D eigenvalue weighted by Crippen LogP contribution is -2.13. The number of hydrogen-bond acceptors (Lipinski definition) is 6. The van der Waals surface area contributed by atoms with E-state index >= 15 is 0 Å². The van der Waals surface area contributed by atoms with Crippen LogP contribution in [0.4, 0.5) is 9.52 Å². The number of aromatic nitrogens is 5. The molecule has 7 nitrogen and oxygen atoms in total. The van der Waals surface area contributed by atoms with Crippen LogP contribution in [0.2, 0.25) is 5.02 Å². The first-order chi connectivity index (χ1) is 16.8. The zero-order valence-electron chi connectivity index (χ0n) is 19.1. The predicted octanol–water partition coefficient (Wildman–Crippen LogP) is 6.55. The fourth-order valence-electron chi connectivity index (χ4n) is 3.82. The molecule has 5 aromatic rings. The van der Waals surface area contributed by atoms with Gasteiger partial charge < -0.3 is 0 Å². The number of nitrogens with one attached hydrogen (secondary N) is 1. The minimum absolute atomic E-state index is 0.0549. The number of hydrogen-bond donors (Lipinski definition) is 1. The lowest BCUT2D eigenvalue weighted by Gasteiger charge is -2.11. The number of halogens is 2. The number of anilines is 1. The molecule has 5 rings (SSSR count). The van der Waals surface area contributed by atoms with Gasteiger partial charge in [-0.1, -0.05) is 53.3 Å². The second-order valence-corrected chi connectivity index (χ2v) is 9.64. The molecule has 3 heterocycles. The van der Waals surface area contributed by atoms with E-state index in [1.54, 1.807) is 23.0 Å². The van der Waals surface area contributed by atoms with Crippen LogP contribution in [0.1, 0.15) is 35.8 Å². The van der Waals surface area contributed by atoms with Crippen LogP contribution in [0.25, 0.3) is 32.9 Å². The van der Waals surface area contributed by atoms with Crippen molar-refractivity contribution in [2.45, 2.75) is 26.8 Å². The summed E-state index contributed by atoms with van der Waals surface area (Å²) in [6.07, 6.45) is 1.64. The summed E-state index contributed by atoms with van der Waals surface area (Å²) in [5, 5.41) is 16.6. The van der Waals surface area contributed by atoms with Crippen LogP contribution in [0.5, 0.6) is 0 Å². The third-order valence-corrected chi connectivity index (χ3v) is 6.71. The van der Waals surface area contributed by atoms with Crippen molar-refractivity contribution in [3.8, 4) is 21.8 Å². The number of carbonyl (C=O) groups excluding carboxylic acids is 1. The molecular formula is C25H20ClFN6OS. The molecule has 0 aliphatic heterocycles. The van der Waals surface area contributed by atoms with Crippen LogP contribution in [0, 0.1) is 12.7 Å². The van der Waals surface area contributed by atoms with E-state index in [2.05, 4.69) is 20.6 Å². The number of nitrogens with zero attached hydrogens (tertiary/aromatic N) is 5. The summed E-state index contributed by atoms with van der Waals surface area (Å²) >= 11 is 7.19. The van der Waals surface area contributed by atoms with Crippen molar-refractivity contribution < 1.29 is 9.18 Å². The second kappa shape index (κ2) is 9.16. The first kappa shape index (κ1) is 23.1. The van der Waals surface area contributed by atoms with E-state index in [0.717, 1.165) is 22.5 Å². The van der Waals surface area contributed by atoms with Gasteiger partial charge >= 0.3 is 0 Å². The van der Waals surface area contributed by atoms with Crippen molar-refractivity contribution >= 4 is 45.0 Å². The van der Waals surface area contributed by atoms with E-state index in [1.807, 2.05) is 45.0 Å². The molecule has 1 amide bonds. The van der Waals surface area contributed by atoms with Crippen molar-refractivity contribution in [3.05, 3.63) is 76.7 Å². The van der Waals surface area contributed by atoms with Gasteiger partial charge in [0.2, 0.25) is 5.13 Å². The van der Waals surface area contributed by atoms with E-state index < -0.39 is 11.7 Å². The normalized spacial score (nSPS) is 11.4. The van der Waals surface area contributed by atoms with Gasteiger partial charge in [-0.25, -0.2) is 14.1 Å². The van der Waals surface area contributed by atoms with E-state index in [1.165, 1.54) is 12.1 Å². The summed E-state index contributed by atoms with van der Waals surface area (Å²) in [6.45, 7) is 6.01. The Morgan fingerprint density at radius 2 is 1.94 bits per heavy atom. The number of amides is 1. The first-order valence-electron chi connectivity index (χ1n) is 10.9. The van der Waals surface area contributed by atoms with Gasteiger partial charge in [-0.3, -0.25) is 10.1 Å². The third-order valence-electron chi connectivity index (χ3n) is 5.54. The topological polar surface area (TPSA) is 85.6 Å². The summed E-state index contributed by atoms with van der Waals surface area (Å²) < 4.78 is 16.1. The maximum atomic E-state index is 14.3. The van der Waals surface area contributed by atoms with Crippen molar-refractivity contribution in [2.24, 2.45) is 0 Å². The number of carbonyl (C=O) groups is 1. The lowest BCUT2D eigenvalue weighted by molar-refractivity contribution is 0.102. The molecule has 2 aromatic carbocycles. The van der Waals surface area contributed by atoms with Gasteiger partial charge in [-0.2, -0.15) is 5.10 Å². The molecule has 3 aromatic heterocycles. The zero-order valence-corrected chi connectivity index (χ0v) is 20.7. The van der Waals surface area contributed by atoms with Gasteiger partial charge in [0.1, 0.15) is 5.82 Å². The number of benzene rings is 2. The van der Waals surface area contributed by atoms with Crippen molar-refractivity contribution in [1.29, 1.82) is 0 Å². The molecule has 0 aliphatic carbocycles. The molecule has 35 heavy (non-hydrogen) atoms. The Bertz CT molecular complexity index is 1560. The van der Waals surface area contributed by atoms with E-state index in [9.17, 15) is 9.18 Å². The standard InChI is InChI=1S/C25H20ClFN6OS/c1-13(2)33-22-17(12-28-33)16(11-20(29-22)15-8-5-4-7-14(15)3)23(34)30-25-32-31-24(35-25)21-18(26)9-6-10-19(21)27/h4-13H,1-3H3,(H,30,32,34). The Morgan fingerprint density at radius 1 is 1.14 bits per heavy atom. The third kappa shape index (κ3) is 4.28. The molecule has 0 aliphatic rings. The van der Waals surface area contributed by atoms with E-state index in [0.29, 0.717) is 22.3 Å². The molecule has 0 saturated heterocycles. The minimum atomic E-state index is -0.508. The second-order valence-electron chi connectivity index (χ2n) is 8.25. The van der Waals surface area contributed by atoms with E-state index in [-0.39, 0.29) is 26.8 Å². The number of aryl methyl sites for hydroxylation is 1. The van der Waals surface area contributed by atoms with Crippen LogP contribution in [-0.4, -0.2) is 30.9 Å². The minimum Gasteiger partial charge on any atom is -0.296 e. The van der Waals surface area contributed by atoms with Crippen LogP contribution >= 0.6 is 22.9 Å². The maximum absolute atomic E-state index is 14.3. The van der Waals surface area contributed by atoms with Crippen LogP contribution in [0.3, 0.4) is 0 Å². The molecule has 176 valence electrons. The van der Waals surface area contributed by atoms with Crippen molar-refractivity contribution in [3.63, 3.8) is 0 Å². The smallest absolute Gasteiger partial charge is 0.258 e. The summed E-state index contributed by atoms with van der Waals surface area (Å²) in [6, 6.07) is 14.1. The number of fused-ring (bicyclic) bond motifs is 1. The van der Waals surface area contributed by atoms with Crippen LogP contribution in [0.15, 0.2) is 54.7 Å². The molecular weight excluding hydrogens is 487 g/mol. The van der Waals surface area contributed by atoms with E-state index in [4.69, 9.17) is 16.6 Å². The summed E-state index contributed by atoms with van der Waals surface area (Å²) in [5.41, 5.74) is 3.80.